The molecule has 72 valence electrons. The lowest BCUT2D eigenvalue weighted by Crippen LogP contribution is -2.24. The number of hydrogen-bond acceptors (Lipinski definition) is 3. The average Bonchev–Trinajstić information content (AvgIpc) is 1.97. The molecular formula is C6H9F3O3. The molecule has 0 aromatic rings. The predicted molar refractivity (Wildman–Crippen MR) is 33.3 cm³/mol. The number of Topliss-reactive ketones (excluding diaryl/α,β-unsaturated/α-hetero) is 1. The van der Waals surface area contributed by atoms with Crippen molar-refractivity contribution < 1.29 is 27.8 Å². The fraction of sp³-hybridized carbons (Fsp3) is 0.833. The lowest BCUT2D eigenvalue weighted by Gasteiger charge is -2.08. The van der Waals surface area contributed by atoms with Crippen molar-refractivity contribution in [3.8, 4) is 0 Å². The van der Waals surface area contributed by atoms with E-state index in [0.29, 0.717) is 0 Å². The molecule has 0 aliphatic carbocycles. The van der Waals surface area contributed by atoms with Gasteiger partial charge in [-0.2, -0.15) is 13.2 Å². The molecule has 0 radical (unpaired) electrons. The van der Waals surface area contributed by atoms with Crippen LogP contribution in [-0.2, 0) is 9.53 Å². The van der Waals surface area contributed by atoms with Crippen LogP contribution in [0.5, 0.6) is 0 Å². The van der Waals surface area contributed by atoms with Crippen LogP contribution in [0.25, 0.3) is 0 Å². The number of hydrogen-bond donors (Lipinski definition) is 1. The summed E-state index contributed by atoms with van der Waals surface area (Å²) in [6.45, 7) is 0. The van der Waals surface area contributed by atoms with Crippen molar-refractivity contribution in [1.82, 2.24) is 0 Å². The second-order valence-corrected chi connectivity index (χ2v) is 2.15. The Kier molecular flexibility index (Phi) is 4.19. The molecule has 3 nitrogen and oxygen atoms in total. The number of aliphatic hydroxyl groups excluding tert-OH is 1. The van der Waals surface area contributed by atoms with Crippen molar-refractivity contribution in [2.75, 3.05) is 7.11 Å². The van der Waals surface area contributed by atoms with Gasteiger partial charge < -0.3 is 9.84 Å². The molecule has 1 N–H and O–H groups in total. The number of ketones is 1. The van der Waals surface area contributed by atoms with Gasteiger partial charge in [-0.3, -0.25) is 4.79 Å². The Morgan fingerprint density at radius 3 is 2.42 bits per heavy atom. The number of halogens is 3. The Hall–Kier alpha value is -0.620. The number of carbonyl (C=O) groups excluding carboxylic acids is 1. The number of ether oxygens (including phenoxy) is 1. The van der Waals surface area contributed by atoms with E-state index in [2.05, 4.69) is 4.74 Å². The zero-order valence-corrected chi connectivity index (χ0v) is 6.39. The summed E-state index contributed by atoms with van der Waals surface area (Å²) in [5.74, 6) is -1.85. The normalized spacial score (nSPS) is 14.4. The van der Waals surface area contributed by atoms with E-state index in [4.69, 9.17) is 5.11 Å². The molecule has 0 spiro atoms. The summed E-state index contributed by atoms with van der Waals surface area (Å²) in [4.78, 5) is 10.2. The molecule has 0 saturated heterocycles. The Balaban J connectivity index is 3.73. The third-order valence-corrected chi connectivity index (χ3v) is 1.21. The molecule has 12 heavy (non-hydrogen) atoms. The maximum absolute atomic E-state index is 11.5. The number of alkyl halides is 3. The van der Waals surface area contributed by atoms with E-state index in [1.54, 1.807) is 0 Å². The first-order valence-electron chi connectivity index (χ1n) is 3.19. The summed E-state index contributed by atoms with van der Waals surface area (Å²) in [6, 6.07) is 0. The first-order valence-corrected chi connectivity index (χ1v) is 3.19. The van der Waals surface area contributed by atoms with Crippen molar-refractivity contribution in [3.05, 3.63) is 0 Å². The smallest absolute Gasteiger partial charge is 0.368 e. The number of methoxy groups -OCH3 is 1. The van der Waals surface area contributed by atoms with Gasteiger partial charge in [0.1, 0.15) is 0 Å². The SMILES string of the molecule is COC(O)CCC(=O)C(F)(F)F. The molecular weight excluding hydrogens is 177 g/mol. The van der Waals surface area contributed by atoms with Crippen LogP contribution in [0.4, 0.5) is 13.2 Å². The lowest BCUT2D eigenvalue weighted by molar-refractivity contribution is -0.173. The van der Waals surface area contributed by atoms with Crippen LogP contribution in [0.1, 0.15) is 12.8 Å². The lowest BCUT2D eigenvalue weighted by atomic mass is 10.2. The topological polar surface area (TPSA) is 46.5 Å². The van der Waals surface area contributed by atoms with Gasteiger partial charge in [-0.25, -0.2) is 0 Å². The van der Waals surface area contributed by atoms with Crippen molar-refractivity contribution in [2.24, 2.45) is 0 Å². The largest absolute Gasteiger partial charge is 0.449 e. The van der Waals surface area contributed by atoms with Crippen molar-refractivity contribution in [2.45, 2.75) is 25.3 Å². The van der Waals surface area contributed by atoms with Gasteiger partial charge in [0.15, 0.2) is 6.29 Å². The van der Waals surface area contributed by atoms with Gasteiger partial charge >= 0.3 is 6.18 Å². The fourth-order valence-electron chi connectivity index (χ4n) is 0.514. The third-order valence-electron chi connectivity index (χ3n) is 1.21. The van der Waals surface area contributed by atoms with Crippen LogP contribution in [0.2, 0.25) is 0 Å². The zero-order valence-electron chi connectivity index (χ0n) is 6.39. The maximum Gasteiger partial charge on any atom is 0.449 e. The minimum Gasteiger partial charge on any atom is -0.368 e. The predicted octanol–water partition coefficient (Wildman–Crippen LogP) is 0.863. The van der Waals surface area contributed by atoms with Crippen LogP contribution in [-0.4, -0.2) is 30.5 Å². The molecule has 0 aliphatic rings. The van der Waals surface area contributed by atoms with Crippen LogP contribution < -0.4 is 0 Å². The van der Waals surface area contributed by atoms with Gasteiger partial charge in [-0.05, 0) is 0 Å². The summed E-state index contributed by atoms with van der Waals surface area (Å²) in [5, 5.41) is 8.63. The van der Waals surface area contributed by atoms with E-state index in [0.717, 1.165) is 7.11 Å². The second kappa shape index (κ2) is 4.42. The quantitative estimate of drug-likeness (QED) is 0.662. The van der Waals surface area contributed by atoms with E-state index in [1.165, 1.54) is 0 Å². The summed E-state index contributed by atoms with van der Waals surface area (Å²) in [6.07, 6.45) is -7.21. The van der Waals surface area contributed by atoms with E-state index in [1.807, 2.05) is 0 Å². The third kappa shape index (κ3) is 4.30. The Morgan fingerprint density at radius 2 is 2.08 bits per heavy atom. The maximum atomic E-state index is 11.5. The molecule has 1 atom stereocenters. The zero-order chi connectivity index (χ0) is 9.78. The molecule has 0 rings (SSSR count). The molecule has 0 bridgehead atoms. The highest BCUT2D eigenvalue weighted by molar-refractivity contribution is 5.83. The molecule has 0 aromatic carbocycles. The summed E-state index contributed by atoms with van der Waals surface area (Å²) < 4.78 is 38.8. The molecule has 0 saturated carbocycles. The second-order valence-electron chi connectivity index (χ2n) is 2.15. The van der Waals surface area contributed by atoms with E-state index >= 15 is 0 Å². The van der Waals surface area contributed by atoms with Crippen LogP contribution in [0, 0.1) is 0 Å². The van der Waals surface area contributed by atoms with Gasteiger partial charge in [0.2, 0.25) is 5.78 Å². The number of carbonyl (C=O) groups is 1. The van der Waals surface area contributed by atoms with Crippen LogP contribution in [0.3, 0.4) is 0 Å². The van der Waals surface area contributed by atoms with Crippen LogP contribution >= 0.6 is 0 Å². The standard InChI is InChI=1S/C6H9F3O3/c1-12-5(11)3-2-4(10)6(7,8)9/h5,11H,2-3H2,1H3. The summed E-state index contributed by atoms with van der Waals surface area (Å²) >= 11 is 0. The molecule has 0 fully saturated rings. The molecule has 0 heterocycles. The molecule has 6 heteroatoms. The van der Waals surface area contributed by atoms with Gasteiger partial charge in [0.25, 0.3) is 0 Å². The number of rotatable bonds is 4. The van der Waals surface area contributed by atoms with Crippen molar-refractivity contribution in [1.29, 1.82) is 0 Å². The van der Waals surface area contributed by atoms with E-state index in [-0.39, 0.29) is 6.42 Å². The fourth-order valence-corrected chi connectivity index (χ4v) is 0.514. The number of aliphatic hydroxyl groups is 1. The molecule has 1 unspecified atom stereocenters. The molecule has 0 amide bonds. The monoisotopic (exact) mass is 186 g/mol. The van der Waals surface area contributed by atoms with Crippen molar-refractivity contribution in [3.63, 3.8) is 0 Å². The minimum atomic E-state index is -4.81. The Morgan fingerprint density at radius 1 is 1.58 bits per heavy atom. The van der Waals surface area contributed by atoms with E-state index < -0.39 is 24.7 Å². The highest BCUT2D eigenvalue weighted by Gasteiger charge is 2.37. The first-order chi connectivity index (χ1) is 5.38. The minimum absolute atomic E-state index is 0.338. The Bertz CT molecular complexity index is 155. The highest BCUT2D eigenvalue weighted by atomic mass is 19.4. The van der Waals surface area contributed by atoms with Gasteiger partial charge in [-0.15, -0.1) is 0 Å². The van der Waals surface area contributed by atoms with Crippen LogP contribution in [0.15, 0.2) is 0 Å². The molecule has 0 aliphatic heterocycles. The molecule has 0 aromatic heterocycles. The highest BCUT2D eigenvalue weighted by Crippen LogP contribution is 2.19. The first kappa shape index (κ1) is 11.4. The van der Waals surface area contributed by atoms with Gasteiger partial charge in [0.05, 0.1) is 0 Å². The summed E-state index contributed by atoms with van der Waals surface area (Å²) in [5.41, 5.74) is 0. The van der Waals surface area contributed by atoms with Gasteiger partial charge in [0, 0.05) is 20.0 Å². The van der Waals surface area contributed by atoms with E-state index in [9.17, 15) is 18.0 Å². The summed E-state index contributed by atoms with van der Waals surface area (Å²) in [7, 11) is 1.14. The van der Waals surface area contributed by atoms with Gasteiger partial charge in [-0.1, -0.05) is 0 Å². The van der Waals surface area contributed by atoms with Crippen molar-refractivity contribution >= 4 is 5.78 Å². The average molecular weight is 186 g/mol. The Labute approximate surface area is 67.1 Å².